The Balaban J connectivity index is 1.60. The fourth-order valence-electron chi connectivity index (χ4n) is 3.37. The van der Waals surface area contributed by atoms with Crippen LogP contribution in [-0.2, 0) is 16.1 Å². The number of nitrogens with one attached hydrogen (secondary N) is 1. The Morgan fingerprint density at radius 2 is 2.03 bits per heavy atom. The summed E-state index contributed by atoms with van der Waals surface area (Å²) in [5.41, 5.74) is 2.07. The first kappa shape index (κ1) is 20.8. The van der Waals surface area contributed by atoms with E-state index in [9.17, 15) is 9.18 Å². The molecule has 0 fully saturated rings. The van der Waals surface area contributed by atoms with Crippen molar-refractivity contribution in [2.45, 2.75) is 26.5 Å². The Morgan fingerprint density at radius 3 is 2.74 bits per heavy atom. The van der Waals surface area contributed by atoms with Gasteiger partial charge in [0.25, 0.3) is 0 Å². The van der Waals surface area contributed by atoms with Crippen molar-refractivity contribution in [3.63, 3.8) is 0 Å². The number of ether oxygens (including phenoxy) is 2. The van der Waals surface area contributed by atoms with E-state index in [-0.39, 0.29) is 18.8 Å². The average molecular weight is 444 g/mol. The quantitative estimate of drug-likeness (QED) is 0.578. The lowest BCUT2D eigenvalue weighted by Crippen LogP contribution is -2.29. The van der Waals surface area contributed by atoms with E-state index < -0.39 is 17.8 Å². The zero-order chi connectivity index (χ0) is 22.0. The van der Waals surface area contributed by atoms with Gasteiger partial charge in [-0.05, 0) is 54.1 Å². The van der Waals surface area contributed by atoms with Gasteiger partial charge in [0.1, 0.15) is 24.2 Å². The van der Waals surface area contributed by atoms with E-state index >= 15 is 0 Å². The summed E-state index contributed by atoms with van der Waals surface area (Å²) in [6.45, 7) is 3.75. The predicted octanol–water partition coefficient (Wildman–Crippen LogP) is 3.90. The van der Waals surface area contributed by atoms with E-state index in [2.05, 4.69) is 20.8 Å². The summed E-state index contributed by atoms with van der Waals surface area (Å²) in [5.74, 6) is 0.0651. The molecule has 1 atom stereocenters. The van der Waals surface area contributed by atoms with Crippen LogP contribution in [0.5, 0.6) is 5.75 Å². The normalized spacial score (nSPS) is 15.3. The number of hydrogen-bond acceptors (Lipinski definition) is 7. The van der Waals surface area contributed by atoms with Crippen molar-refractivity contribution < 1.29 is 18.7 Å². The van der Waals surface area contributed by atoms with Gasteiger partial charge in [-0.2, -0.15) is 4.68 Å². The number of hydrogen-bond donors (Lipinski definition) is 1. The number of rotatable bonds is 6. The van der Waals surface area contributed by atoms with Gasteiger partial charge in [-0.3, -0.25) is 0 Å². The van der Waals surface area contributed by atoms with Gasteiger partial charge >= 0.3 is 5.97 Å². The fraction of sp³-hybridized carbons (Fsp3) is 0.238. The molecule has 31 heavy (non-hydrogen) atoms. The van der Waals surface area contributed by atoms with Crippen molar-refractivity contribution in [3.8, 4) is 5.75 Å². The molecular formula is C21H19ClFN5O3. The first-order chi connectivity index (χ1) is 15.0. The fourth-order valence-corrected chi connectivity index (χ4v) is 3.58. The minimum absolute atomic E-state index is 0.0115. The zero-order valence-corrected chi connectivity index (χ0v) is 17.6. The monoisotopic (exact) mass is 443 g/mol. The van der Waals surface area contributed by atoms with Crippen LogP contribution in [0.4, 0.5) is 10.3 Å². The molecule has 0 amide bonds. The van der Waals surface area contributed by atoms with Gasteiger partial charge in [0, 0.05) is 11.3 Å². The standard InChI is InChI=1S/C21H19ClFN5O3/c1-3-30-20(29)18-12(2)24-21-25-26-27-28(21)19(18)13-7-9-14(10-8-13)31-11-15-16(22)5-4-6-17(15)23/h4-10,19H,3,11H2,1-2H3,(H,24,25,27). The molecule has 10 heteroatoms. The number of carbonyl (C=O) groups is 1. The second-order valence-corrected chi connectivity index (χ2v) is 7.20. The lowest BCUT2D eigenvalue weighted by atomic mass is 9.96. The smallest absolute Gasteiger partial charge is 0.338 e. The summed E-state index contributed by atoms with van der Waals surface area (Å²) in [5, 5.41) is 15.0. The second kappa shape index (κ2) is 8.73. The lowest BCUT2D eigenvalue weighted by molar-refractivity contribution is -0.139. The van der Waals surface area contributed by atoms with Crippen molar-refractivity contribution in [1.82, 2.24) is 20.2 Å². The van der Waals surface area contributed by atoms with Gasteiger partial charge in [-0.1, -0.05) is 34.9 Å². The number of carbonyl (C=O) groups excluding carboxylic acids is 1. The van der Waals surface area contributed by atoms with Crippen LogP contribution in [0.1, 0.15) is 31.0 Å². The van der Waals surface area contributed by atoms with Crippen LogP contribution in [0.15, 0.2) is 53.7 Å². The molecule has 0 radical (unpaired) electrons. The summed E-state index contributed by atoms with van der Waals surface area (Å²) >= 11 is 6.05. The summed E-state index contributed by atoms with van der Waals surface area (Å²) in [4.78, 5) is 12.6. The Morgan fingerprint density at radius 1 is 1.26 bits per heavy atom. The number of nitrogens with zero attached hydrogens (tertiary/aromatic N) is 4. The average Bonchev–Trinajstić information content (AvgIpc) is 3.21. The van der Waals surface area contributed by atoms with Gasteiger partial charge in [0.05, 0.1) is 17.2 Å². The number of aromatic nitrogens is 4. The second-order valence-electron chi connectivity index (χ2n) is 6.79. The molecule has 1 N–H and O–H groups in total. The van der Waals surface area contributed by atoms with Crippen molar-refractivity contribution >= 4 is 23.5 Å². The van der Waals surface area contributed by atoms with E-state index in [0.717, 1.165) is 5.56 Å². The minimum Gasteiger partial charge on any atom is -0.489 e. The van der Waals surface area contributed by atoms with Crippen LogP contribution >= 0.6 is 11.6 Å². The molecule has 2 aromatic carbocycles. The first-order valence-corrected chi connectivity index (χ1v) is 9.95. The van der Waals surface area contributed by atoms with E-state index in [0.29, 0.717) is 28.0 Å². The van der Waals surface area contributed by atoms with Gasteiger partial charge in [0.15, 0.2) is 0 Å². The van der Waals surface area contributed by atoms with Gasteiger partial charge in [0.2, 0.25) is 5.95 Å². The van der Waals surface area contributed by atoms with E-state index in [4.69, 9.17) is 21.1 Å². The third kappa shape index (κ3) is 4.09. The molecule has 3 aromatic rings. The molecule has 160 valence electrons. The molecule has 0 spiro atoms. The SMILES string of the molecule is CCOC(=O)C1=C(C)Nc2nnnn2C1c1ccc(OCc2c(F)cccc2Cl)cc1. The number of benzene rings is 2. The Kier molecular flexibility index (Phi) is 5.85. The molecule has 8 nitrogen and oxygen atoms in total. The molecule has 0 saturated carbocycles. The largest absolute Gasteiger partial charge is 0.489 e. The van der Waals surface area contributed by atoms with Gasteiger partial charge in [-0.25, -0.2) is 9.18 Å². The van der Waals surface area contributed by atoms with E-state index in [1.807, 2.05) is 0 Å². The number of anilines is 1. The number of esters is 1. The van der Waals surface area contributed by atoms with E-state index in [1.54, 1.807) is 50.2 Å². The maximum absolute atomic E-state index is 13.9. The highest BCUT2D eigenvalue weighted by molar-refractivity contribution is 6.31. The highest BCUT2D eigenvalue weighted by Crippen LogP contribution is 2.35. The molecule has 0 saturated heterocycles. The third-order valence-corrected chi connectivity index (χ3v) is 5.20. The number of fused-ring (bicyclic) bond motifs is 1. The molecule has 4 rings (SSSR count). The van der Waals surface area contributed by atoms with Gasteiger partial charge < -0.3 is 14.8 Å². The molecule has 1 unspecified atom stereocenters. The van der Waals surface area contributed by atoms with Gasteiger partial charge in [-0.15, -0.1) is 0 Å². The lowest BCUT2D eigenvalue weighted by Gasteiger charge is -2.27. The molecular weight excluding hydrogens is 425 g/mol. The number of halogens is 2. The summed E-state index contributed by atoms with van der Waals surface area (Å²) in [7, 11) is 0. The third-order valence-electron chi connectivity index (χ3n) is 4.85. The maximum Gasteiger partial charge on any atom is 0.338 e. The highest BCUT2D eigenvalue weighted by atomic mass is 35.5. The molecule has 1 aromatic heterocycles. The van der Waals surface area contributed by atoms with Crippen molar-refractivity contribution in [2.75, 3.05) is 11.9 Å². The maximum atomic E-state index is 13.9. The first-order valence-electron chi connectivity index (χ1n) is 9.58. The summed E-state index contributed by atoms with van der Waals surface area (Å²) < 4.78 is 26.4. The van der Waals surface area contributed by atoms with Crippen LogP contribution in [0.2, 0.25) is 5.02 Å². The topological polar surface area (TPSA) is 91.2 Å². The minimum atomic E-state index is -0.569. The Labute approximate surface area is 182 Å². The van der Waals surface area contributed by atoms with Crippen LogP contribution < -0.4 is 10.1 Å². The van der Waals surface area contributed by atoms with E-state index in [1.165, 1.54) is 10.7 Å². The Bertz CT molecular complexity index is 1130. The van der Waals surface area contributed by atoms with Crippen LogP contribution in [-0.4, -0.2) is 32.8 Å². The van der Waals surface area contributed by atoms with Crippen molar-refractivity contribution in [3.05, 3.63) is 75.7 Å². The molecule has 2 heterocycles. The number of allylic oxidation sites excluding steroid dienone is 1. The van der Waals surface area contributed by atoms with Crippen molar-refractivity contribution in [1.29, 1.82) is 0 Å². The predicted molar refractivity (Wildman–Crippen MR) is 111 cm³/mol. The zero-order valence-electron chi connectivity index (χ0n) is 16.8. The molecule has 1 aliphatic heterocycles. The molecule has 1 aliphatic rings. The van der Waals surface area contributed by atoms with Crippen molar-refractivity contribution in [2.24, 2.45) is 0 Å². The number of tetrazole rings is 1. The van der Waals surface area contributed by atoms with Crippen LogP contribution in [0, 0.1) is 5.82 Å². The molecule has 0 bridgehead atoms. The van der Waals surface area contributed by atoms with Crippen LogP contribution in [0.25, 0.3) is 0 Å². The summed E-state index contributed by atoms with van der Waals surface area (Å²) in [6, 6.07) is 11.0. The van der Waals surface area contributed by atoms with Crippen LogP contribution in [0.3, 0.4) is 0 Å². The highest BCUT2D eigenvalue weighted by Gasteiger charge is 2.34. The summed E-state index contributed by atoms with van der Waals surface area (Å²) in [6.07, 6.45) is 0. The Hall–Kier alpha value is -3.46. The molecule has 0 aliphatic carbocycles.